The number of amides is 2. The minimum absolute atomic E-state index is 0.0575. The van der Waals surface area contributed by atoms with Gasteiger partial charge in [0.25, 0.3) is 0 Å². The summed E-state index contributed by atoms with van der Waals surface area (Å²) in [6.45, 7) is 1.49. The number of carbonyl (C=O) groups is 3. The highest BCUT2D eigenvalue weighted by molar-refractivity contribution is 6.22. The molecule has 2 aliphatic carbocycles. The molecule has 0 N–H and O–H groups in total. The highest BCUT2D eigenvalue weighted by atomic mass is 16.2. The molecular weight excluding hydrogens is 266 g/mol. The maximum atomic E-state index is 12.7. The molecule has 1 aromatic rings. The molecule has 4 rings (SSSR count). The van der Waals surface area contributed by atoms with Crippen LogP contribution >= 0.6 is 0 Å². The van der Waals surface area contributed by atoms with Gasteiger partial charge >= 0.3 is 0 Å². The second-order valence-electron chi connectivity index (χ2n) is 6.50. The van der Waals surface area contributed by atoms with Crippen LogP contribution in [0.2, 0.25) is 0 Å². The molecule has 2 saturated carbocycles. The summed E-state index contributed by atoms with van der Waals surface area (Å²) in [6.07, 6.45) is 3.19. The van der Waals surface area contributed by atoms with E-state index in [1.54, 1.807) is 24.3 Å². The predicted octanol–water partition coefficient (Wildman–Crippen LogP) is 2.42. The minimum atomic E-state index is -0.114. The fourth-order valence-corrected chi connectivity index (χ4v) is 4.53. The lowest BCUT2D eigenvalue weighted by atomic mass is 9.81. The van der Waals surface area contributed by atoms with Gasteiger partial charge in [0.05, 0.1) is 17.5 Å². The molecule has 0 unspecified atom stereocenters. The van der Waals surface area contributed by atoms with Gasteiger partial charge in [-0.15, -0.1) is 0 Å². The zero-order chi connectivity index (χ0) is 14.7. The monoisotopic (exact) mass is 283 g/mol. The van der Waals surface area contributed by atoms with Crippen LogP contribution in [0.1, 0.15) is 36.5 Å². The molecule has 0 radical (unpaired) electrons. The van der Waals surface area contributed by atoms with Crippen LogP contribution in [0.5, 0.6) is 0 Å². The summed E-state index contributed by atoms with van der Waals surface area (Å²) < 4.78 is 0. The van der Waals surface area contributed by atoms with E-state index >= 15 is 0 Å². The Balaban J connectivity index is 1.73. The van der Waals surface area contributed by atoms with E-state index in [1.807, 2.05) is 0 Å². The SMILES string of the molecule is CC(=O)c1cccc(N2C(=O)[C@@H]3[C@H]4CC[C@@H](C4)[C@@H]3C2=O)c1. The average molecular weight is 283 g/mol. The van der Waals surface area contributed by atoms with Crippen molar-refractivity contribution in [2.75, 3.05) is 4.90 Å². The van der Waals surface area contributed by atoms with Crippen LogP contribution in [-0.2, 0) is 9.59 Å². The molecule has 1 heterocycles. The van der Waals surface area contributed by atoms with Crippen LogP contribution < -0.4 is 4.90 Å². The van der Waals surface area contributed by atoms with E-state index in [1.165, 1.54) is 11.8 Å². The molecule has 0 spiro atoms. The van der Waals surface area contributed by atoms with Crippen molar-refractivity contribution in [2.45, 2.75) is 26.2 Å². The Morgan fingerprint density at radius 1 is 1.10 bits per heavy atom. The summed E-state index contributed by atoms with van der Waals surface area (Å²) in [5.74, 6) is 0.372. The Morgan fingerprint density at radius 3 is 2.29 bits per heavy atom. The molecule has 21 heavy (non-hydrogen) atoms. The standard InChI is InChI=1S/C17H17NO3/c1-9(19)10-3-2-4-13(8-10)18-16(20)14-11-5-6-12(7-11)15(14)17(18)21/h2-4,8,11-12,14-15H,5-7H2,1H3/t11-,12-,14-,15+/m0/s1. The molecule has 1 aromatic carbocycles. The summed E-state index contributed by atoms with van der Waals surface area (Å²) >= 11 is 0. The van der Waals surface area contributed by atoms with E-state index in [-0.39, 0.29) is 29.4 Å². The number of ketones is 1. The smallest absolute Gasteiger partial charge is 0.237 e. The van der Waals surface area contributed by atoms with E-state index in [4.69, 9.17) is 0 Å². The number of hydrogen-bond donors (Lipinski definition) is 0. The van der Waals surface area contributed by atoms with Crippen molar-refractivity contribution in [2.24, 2.45) is 23.7 Å². The second kappa shape index (κ2) is 4.26. The molecule has 2 amide bonds. The zero-order valence-electron chi connectivity index (χ0n) is 11.9. The van der Waals surface area contributed by atoms with E-state index in [9.17, 15) is 14.4 Å². The van der Waals surface area contributed by atoms with Gasteiger partial charge < -0.3 is 0 Å². The molecule has 0 aromatic heterocycles. The number of fused-ring (bicyclic) bond motifs is 5. The summed E-state index contributed by atoms with van der Waals surface area (Å²) in [5.41, 5.74) is 1.08. The third-order valence-electron chi connectivity index (χ3n) is 5.44. The molecule has 4 heteroatoms. The molecule has 108 valence electrons. The Bertz CT molecular complexity index is 638. The van der Waals surface area contributed by atoms with Gasteiger partial charge in [0, 0.05) is 5.56 Å². The average Bonchev–Trinajstić information content (AvgIpc) is 3.13. The molecule has 2 bridgehead atoms. The first-order valence-corrected chi connectivity index (χ1v) is 7.56. The quantitative estimate of drug-likeness (QED) is 0.618. The molecule has 1 saturated heterocycles. The van der Waals surface area contributed by atoms with Gasteiger partial charge in [-0.3, -0.25) is 19.3 Å². The summed E-state index contributed by atoms with van der Waals surface area (Å²) in [5, 5.41) is 0. The minimum Gasteiger partial charge on any atom is -0.295 e. The maximum Gasteiger partial charge on any atom is 0.237 e. The zero-order valence-corrected chi connectivity index (χ0v) is 11.9. The van der Waals surface area contributed by atoms with Gasteiger partial charge in [0.2, 0.25) is 11.8 Å². The number of hydrogen-bond acceptors (Lipinski definition) is 3. The first-order valence-electron chi connectivity index (χ1n) is 7.56. The fourth-order valence-electron chi connectivity index (χ4n) is 4.53. The number of nitrogens with zero attached hydrogens (tertiary/aromatic N) is 1. The first kappa shape index (κ1) is 12.7. The summed E-state index contributed by atoms with van der Waals surface area (Å²) in [4.78, 5) is 38.2. The van der Waals surface area contributed by atoms with Crippen LogP contribution in [0.15, 0.2) is 24.3 Å². The summed E-state index contributed by atoms with van der Waals surface area (Å²) in [7, 11) is 0. The lowest BCUT2D eigenvalue weighted by Gasteiger charge is -2.19. The summed E-state index contributed by atoms with van der Waals surface area (Å²) in [6, 6.07) is 6.84. The van der Waals surface area contributed by atoms with Gasteiger partial charge in [-0.25, -0.2) is 0 Å². The number of benzene rings is 1. The van der Waals surface area contributed by atoms with Gasteiger partial charge in [0.15, 0.2) is 5.78 Å². The first-order chi connectivity index (χ1) is 10.1. The van der Waals surface area contributed by atoms with Crippen molar-refractivity contribution in [3.8, 4) is 0 Å². The van der Waals surface area contributed by atoms with Gasteiger partial charge in [-0.05, 0) is 50.2 Å². The fraction of sp³-hybridized carbons (Fsp3) is 0.471. The largest absolute Gasteiger partial charge is 0.295 e. The lowest BCUT2D eigenvalue weighted by Crippen LogP contribution is -2.32. The van der Waals surface area contributed by atoms with E-state index in [0.29, 0.717) is 23.1 Å². The molecule has 4 nitrogen and oxygen atoms in total. The number of Topliss-reactive ketones (excluding diaryl/α,β-unsaturated/α-hetero) is 1. The molecule has 1 aliphatic heterocycles. The van der Waals surface area contributed by atoms with Crippen LogP contribution in [0.3, 0.4) is 0 Å². The molecule has 3 fully saturated rings. The Labute approximate surface area is 123 Å². The predicted molar refractivity (Wildman–Crippen MR) is 76.8 cm³/mol. The number of carbonyl (C=O) groups excluding carboxylic acids is 3. The normalized spacial score (nSPS) is 33.7. The number of rotatable bonds is 2. The number of anilines is 1. The lowest BCUT2D eigenvalue weighted by molar-refractivity contribution is -0.123. The Kier molecular flexibility index (Phi) is 2.59. The van der Waals surface area contributed by atoms with Crippen LogP contribution in [0.25, 0.3) is 0 Å². The Morgan fingerprint density at radius 2 is 1.71 bits per heavy atom. The van der Waals surface area contributed by atoms with E-state index in [0.717, 1.165) is 19.3 Å². The third kappa shape index (κ3) is 1.65. The molecule has 3 aliphatic rings. The highest BCUT2D eigenvalue weighted by Crippen LogP contribution is 2.56. The van der Waals surface area contributed by atoms with Crippen molar-refractivity contribution >= 4 is 23.3 Å². The topological polar surface area (TPSA) is 54.5 Å². The van der Waals surface area contributed by atoms with Gasteiger partial charge in [-0.1, -0.05) is 12.1 Å². The van der Waals surface area contributed by atoms with Crippen LogP contribution in [0, 0.1) is 23.7 Å². The van der Waals surface area contributed by atoms with Crippen LogP contribution in [-0.4, -0.2) is 17.6 Å². The molecular formula is C17H17NO3. The van der Waals surface area contributed by atoms with Crippen molar-refractivity contribution in [1.82, 2.24) is 0 Å². The van der Waals surface area contributed by atoms with E-state index in [2.05, 4.69) is 0 Å². The maximum absolute atomic E-state index is 12.7. The van der Waals surface area contributed by atoms with Gasteiger partial charge in [0.1, 0.15) is 0 Å². The second-order valence-corrected chi connectivity index (χ2v) is 6.50. The highest BCUT2D eigenvalue weighted by Gasteiger charge is 2.61. The van der Waals surface area contributed by atoms with Crippen molar-refractivity contribution < 1.29 is 14.4 Å². The Hall–Kier alpha value is -1.97. The van der Waals surface area contributed by atoms with Crippen molar-refractivity contribution in [3.63, 3.8) is 0 Å². The van der Waals surface area contributed by atoms with E-state index < -0.39 is 0 Å². The number of imide groups is 1. The van der Waals surface area contributed by atoms with Crippen LogP contribution in [0.4, 0.5) is 5.69 Å². The third-order valence-corrected chi connectivity index (χ3v) is 5.44. The molecule has 4 atom stereocenters. The van der Waals surface area contributed by atoms with Crippen molar-refractivity contribution in [1.29, 1.82) is 0 Å². The van der Waals surface area contributed by atoms with Gasteiger partial charge in [-0.2, -0.15) is 0 Å². The van der Waals surface area contributed by atoms with Crippen molar-refractivity contribution in [3.05, 3.63) is 29.8 Å².